The van der Waals surface area contributed by atoms with E-state index in [-0.39, 0.29) is 12.3 Å². The molecule has 0 heterocycles. The fourth-order valence-electron chi connectivity index (χ4n) is 1.31. The molecular formula is C11H13F4NOS. The van der Waals surface area contributed by atoms with Crippen LogP contribution in [0.2, 0.25) is 0 Å². The SMILES string of the molecule is CSc1cccc(OCC(F)(F)C(F)F)c1CN. The molecule has 0 bridgehead atoms. The zero-order chi connectivity index (χ0) is 13.8. The zero-order valence-corrected chi connectivity index (χ0v) is 10.4. The number of nitrogens with two attached hydrogens (primary N) is 1. The van der Waals surface area contributed by atoms with E-state index >= 15 is 0 Å². The van der Waals surface area contributed by atoms with Gasteiger partial charge in [-0.2, -0.15) is 8.78 Å². The summed E-state index contributed by atoms with van der Waals surface area (Å²) in [5.41, 5.74) is 6.03. The molecule has 1 aromatic rings. The highest BCUT2D eigenvalue weighted by Gasteiger charge is 2.41. The minimum absolute atomic E-state index is 0.0899. The van der Waals surface area contributed by atoms with E-state index in [1.807, 2.05) is 0 Å². The van der Waals surface area contributed by atoms with Crippen LogP contribution < -0.4 is 10.5 Å². The van der Waals surface area contributed by atoms with E-state index < -0.39 is 19.0 Å². The lowest BCUT2D eigenvalue weighted by atomic mass is 10.2. The Labute approximate surface area is 106 Å². The number of thioether (sulfide) groups is 1. The Kier molecular flexibility index (Phi) is 5.28. The average molecular weight is 283 g/mol. The van der Waals surface area contributed by atoms with Gasteiger partial charge in [-0.15, -0.1) is 11.8 Å². The topological polar surface area (TPSA) is 35.2 Å². The Morgan fingerprint density at radius 2 is 2.06 bits per heavy atom. The van der Waals surface area contributed by atoms with Gasteiger partial charge in [-0.3, -0.25) is 0 Å². The van der Waals surface area contributed by atoms with Gasteiger partial charge in [0, 0.05) is 17.0 Å². The molecule has 0 aliphatic rings. The first kappa shape index (κ1) is 15.1. The van der Waals surface area contributed by atoms with Gasteiger partial charge in [0.05, 0.1) is 0 Å². The molecule has 0 radical (unpaired) electrons. The predicted octanol–water partition coefficient (Wildman–Crippen LogP) is 3.15. The molecular weight excluding hydrogens is 270 g/mol. The molecule has 102 valence electrons. The van der Waals surface area contributed by atoms with Crippen molar-refractivity contribution in [3.8, 4) is 5.75 Å². The van der Waals surface area contributed by atoms with Crippen LogP contribution in [0.3, 0.4) is 0 Å². The molecule has 0 spiro atoms. The minimum Gasteiger partial charge on any atom is -0.487 e. The van der Waals surface area contributed by atoms with E-state index in [9.17, 15) is 17.6 Å². The summed E-state index contributed by atoms with van der Waals surface area (Å²) in [7, 11) is 0. The van der Waals surface area contributed by atoms with Crippen LogP contribution in [0.4, 0.5) is 17.6 Å². The maximum absolute atomic E-state index is 12.7. The third-order valence-electron chi connectivity index (χ3n) is 2.25. The lowest BCUT2D eigenvalue weighted by Crippen LogP contribution is -2.34. The van der Waals surface area contributed by atoms with Crippen molar-refractivity contribution < 1.29 is 22.3 Å². The number of benzene rings is 1. The van der Waals surface area contributed by atoms with E-state index in [1.165, 1.54) is 17.8 Å². The number of ether oxygens (including phenoxy) is 1. The van der Waals surface area contributed by atoms with E-state index in [4.69, 9.17) is 10.5 Å². The Morgan fingerprint density at radius 1 is 1.39 bits per heavy atom. The highest BCUT2D eigenvalue weighted by molar-refractivity contribution is 7.98. The molecule has 0 unspecified atom stereocenters. The Morgan fingerprint density at radius 3 is 2.56 bits per heavy atom. The third-order valence-corrected chi connectivity index (χ3v) is 3.08. The molecule has 0 fully saturated rings. The molecule has 0 aliphatic carbocycles. The Bertz CT molecular complexity index is 401. The van der Waals surface area contributed by atoms with E-state index in [2.05, 4.69) is 0 Å². The number of alkyl halides is 4. The Balaban J connectivity index is 2.85. The van der Waals surface area contributed by atoms with Crippen LogP contribution in [0.1, 0.15) is 5.56 Å². The van der Waals surface area contributed by atoms with Gasteiger partial charge in [0.2, 0.25) is 0 Å². The summed E-state index contributed by atoms with van der Waals surface area (Å²) < 4.78 is 54.2. The highest BCUT2D eigenvalue weighted by Crippen LogP contribution is 2.30. The molecule has 0 amide bonds. The summed E-state index contributed by atoms with van der Waals surface area (Å²) in [5, 5.41) is 0. The van der Waals surface area contributed by atoms with Crippen molar-refractivity contribution in [2.24, 2.45) is 5.73 Å². The van der Waals surface area contributed by atoms with Crippen molar-refractivity contribution >= 4 is 11.8 Å². The van der Waals surface area contributed by atoms with Gasteiger partial charge in [0.1, 0.15) is 5.75 Å². The van der Waals surface area contributed by atoms with E-state index in [0.717, 1.165) is 4.90 Å². The molecule has 0 aromatic heterocycles. The van der Waals surface area contributed by atoms with Crippen LogP contribution in [0, 0.1) is 0 Å². The largest absolute Gasteiger partial charge is 0.487 e. The summed E-state index contributed by atoms with van der Waals surface area (Å²) in [6, 6.07) is 4.79. The van der Waals surface area contributed by atoms with E-state index in [0.29, 0.717) is 5.56 Å². The maximum Gasteiger partial charge on any atom is 0.340 e. The molecule has 2 N–H and O–H groups in total. The third kappa shape index (κ3) is 3.52. The van der Waals surface area contributed by atoms with Crippen molar-refractivity contribution in [1.82, 2.24) is 0 Å². The molecule has 18 heavy (non-hydrogen) atoms. The standard InChI is InChI=1S/C11H13F4NOS/c1-18-9-4-2-3-8(7(9)5-16)17-6-11(14,15)10(12)13/h2-4,10H,5-6,16H2,1H3. The summed E-state index contributed by atoms with van der Waals surface area (Å²) >= 11 is 1.38. The van der Waals surface area contributed by atoms with Gasteiger partial charge in [0.25, 0.3) is 0 Å². The first-order valence-corrected chi connectivity index (χ1v) is 6.29. The summed E-state index contributed by atoms with van der Waals surface area (Å²) in [6.45, 7) is -1.28. The quantitative estimate of drug-likeness (QED) is 0.643. The highest BCUT2D eigenvalue weighted by atomic mass is 32.2. The van der Waals surface area contributed by atoms with Gasteiger partial charge >= 0.3 is 12.3 Å². The molecule has 0 atom stereocenters. The number of halogens is 4. The Hall–Kier alpha value is -0.950. The van der Waals surface area contributed by atoms with Gasteiger partial charge in [-0.25, -0.2) is 8.78 Å². The summed E-state index contributed by atoms with van der Waals surface area (Å²) in [5.74, 6) is -4.05. The molecule has 1 aromatic carbocycles. The second-order valence-corrected chi connectivity index (χ2v) is 4.34. The van der Waals surface area contributed by atoms with Crippen LogP contribution in [0.25, 0.3) is 0 Å². The van der Waals surface area contributed by atoms with Crippen molar-refractivity contribution in [3.63, 3.8) is 0 Å². The molecule has 0 aliphatic heterocycles. The van der Waals surface area contributed by atoms with Crippen LogP contribution in [-0.4, -0.2) is 25.2 Å². The number of hydrogen-bond donors (Lipinski definition) is 1. The van der Waals surface area contributed by atoms with Crippen LogP contribution in [0.5, 0.6) is 5.75 Å². The van der Waals surface area contributed by atoms with Crippen LogP contribution >= 0.6 is 11.8 Å². The average Bonchev–Trinajstić information content (AvgIpc) is 2.35. The van der Waals surface area contributed by atoms with E-state index in [1.54, 1.807) is 18.4 Å². The fraction of sp³-hybridized carbons (Fsp3) is 0.455. The van der Waals surface area contributed by atoms with Crippen LogP contribution in [0.15, 0.2) is 23.1 Å². The second kappa shape index (κ2) is 6.29. The number of hydrogen-bond acceptors (Lipinski definition) is 3. The summed E-state index contributed by atoms with van der Waals surface area (Å²) in [6.07, 6.45) is -1.95. The van der Waals surface area contributed by atoms with Crippen LogP contribution in [-0.2, 0) is 6.54 Å². The van der Waals surface area contributed by atoms with Gasteiger partial charge in [-0.1, -0.05) is 6.07 Å². The molecule has 0 saturated carbocycles. The first-order valence-electron chi connectivity index (χ1n) is 5.07. The summed E-state index contributed by atoms with van der Waals surface area (Å²) in [4.78, 5) is 0.773. The van der Waals surface area contributed by atoms with Crippen molar-refractivity contribution in [1.29, 1.82) is 0 Å². The predicted molar refractivity (Wildman–Crippen MR) is 62.6 cm³/mol. The van der Waals surface area contributed by atoms with Crippen molar-refractivity contribution in [3.05, 3.63) is 23.8 Å². The second-order valence-electron chi connectivity index (χ2n) is 3.49. The molecule has 7 heteroatoms. The number of rotatable bonds is 6. The van der Waals surface area contributed by atoms with Gasteiger partial charge < -0.3 is 10.5 Å². The zero-order valence-electron chi connectivity index (χ0n) is 9.63. The molecule has 2 nitrogen and oxygen atoms in total. The maximum atomic E-state index is 12.7. The van der Waals surface area contributed by atoms with Crippen molar-refractivity contribution in [2.45, 2.75) is 23.8 Å². The fourth-order valence-corrected chi connectivity index (χ4v) is 1.96. The first-order chi connectivity index (χ1) is 8.42. The minimum atomic E-state index is -4.17. The normalized spacial score (nSPS) is 11.9. The lowest BCUT2D eigenvalue weighted by Gasteiger charge is -2.18. The molecule has 0 saturated heterocycles. The smallest absolute Gasteiger partial charge is 0.340 e. The van der Waals surface area contributed by atoms with Crippen molar-refractivity contribution in [2.75, 3.05) is 12.9 Å². The van der Waals surface area contributed by atoms with Gasteiger partial charge in [0.15, 0.2) is 6.61 Å². The molecule has 1 rings (SSSR count). The van der Waals surface area contributed by atoms with Gasteiger partial charge in [-0.05, 0) is 18.4 Å². The lowest BCUT2D eigenvalue weighted by molar-refractivity contribution is -0.148. The monoisotopic (exact) mass is 283 g/mol.